The molecule has 0 amide bonds. The Hall–Kier alpha value is -0.500. The van der Waals surface area contributed by atoms with Crippen molar-refractivity contribution in [1.82, 2.24) is 10.2 Å². The summed E-state index contributed by atoms with van der Waals surface area (Å²) in [5, 5.41) is 7.61. The lowest BCUT2D eigenvalue weighted by atomic mass is 10.0. The highest BCUT2D eigenvalue weighted by atomic mass is 35.5. The minimum absolute atomic E-state index is 0.497. The van der Waals surface area contributed by atoms with Gasteiger partial charge in [0, 0.05) is 17.5 Å². The molecule has 0 bridgehead atoms. The first-order valence-corrected chi connectivity index (χ1v) is 5.90. The molecule has 1 N–H and O–H groups in total. The van der Waals surface area contributed by atoms with Crippen LogP contribution in [0.15, 0.2) is 0 Å². The van der Waals surface area contributed by atoms with Gasteiger partial charge in [-0.15, -0.1) is 11.6 Å². The van der Waals surface area contributed by atoms with Crippen molar-refractivity contribution < 1.29 is 0 Å². The second-order valence-electron chi connectivity index (χ2n) is 4.37. The normalized spacial score (nSPS) is 16.6. The molecule has 0 saturated heterocycles. The van der Waals surface area contributed by atoms with E-state index in [9.17, 15) is 0 Å². The number of nitrogens with zero attached hydrogens (tertiary/aromatic N) is 1. The van der Waals surface area contributed by atoms with Crippen LogP contribution in [0.2, 0.25) is 0 Å². The Morgan fingerprint density at radius 2 is 2.21 bits per heavy atom. The number of rotatable bonds is 4. The second kappa shape index (κ2) is 3.93. The molecule has 1 fully saturated rings. The lowest BCUT2D eigenvalue weighted by Crippen LogP contribution is -1.97. The molecule has 78 valence electrons. The maximum absolute atomic E-state index is 5.83. The van der Waals surface area contributed by atoms with Gasteiger partial charge in [0.2, 0.25) is 0 Å². The third kappa shape index (κ3) is 1.81. The van der Waals surface area contributed by atoms with E-state index in [-0.39, 0.29) is 0 Å². The van der Waals surface area contributed by atoms with Crippen molar-refractivity contribution in [2.45, 2.75) is 44.9 Å². The Balaban J connectivity index is 2.30. The standard InChI is InChI=1S/C11H17ClN2/c1-7(2)10-9(5-6-12)11(14-13-10)8-3-4-8/h7-8H,3-6H2,1-2H3,(H,13,14). The average molecular weight is 213 g/mol. The number of hydrogen-bond acceptors (Lipinski definition) is 1. The Morgan fingerprint density at radius 3 is 2.71 bits per heavy atom. The van der Waals surface area contributed by atoms with Gasteiger partial charge in [-0.3, -0.25) is 5.10 Å². The van der Waals surface area contributed by atoms with Crippen molar-refractivity contribution in [3.05, 3.63) is 17.0 Å². The van der Waals surface area contributed by atoms with Crippen LogP contribution in [0.5, 0.6) is 0 Å². The molecule has 3 heteroatoms. The molecule has 1 aliphatic rings. The molecule has 1 aromatic heterocycles. The van der Waals surface area contributed by atoms with Gasteiger partial charge < -0.3 is 0 Å². The zero-order valence-electron chi connectivity index (χ0n) is 8.81. The summed E-state index contributed by atoms with van der Waals surface area (Å²) in [7, 11) is 0. The van der Waals surface area contributed by atoms with Gasteiger partial charge in [-0.05, 0) is 30.7 Å². The van der Waals surface area contributed by atoms with Crippen molar-refractivity contribution in [3.63, 3.8) is 0 Å². The van der Waals surface area contributed by atoms with Gasteiger partial charge in [-0.1, -0.05) is 13.8 Å². The molecule has 2 nitrogen and oxygen atoms in total. The van der Waals surface area contributed by atoms with Crippen molar-refractivity contribution in [2.24, 2.45) is 0 Å². The van der Waals surface area contributed by atoms with E-state index in [0.717, 1.165) is 12.3 Å². The van der Waals surface area contributed by atoms with Crippen LogP contribution in [0.4, 0.5) is 0 Å². The monoisotopic (exact) mass is 212 g/mol. The highest BCUT2D eigenvalue weighted by Crippen LogP contribution is 2.42. The molecule has 1 saturated carbocycles. The van der Waals surface area contributed by atoms with E-state index in [4.69, 9.17) is 11.6 Å². The summed E-state index contributed by atoms with van der Waals surface area (Å²) in [6.07, 6.45) is 3.58. The summed E-state index contributed by atoms with van der Waals surface area (Å²) in [6, 6.07) is 0. The van der Waals surface area contributed by atoms with Crippen LogP contribution in [0, 0.1) is 0 Å². The minimum atomic E-state index is 0.497. The van der Waals surface area contributed by atoms with Crippen molar-refractivity contribution in [2.75, 3.05) is 5.88 Å². The van der Waals surface area contributed by atoms with E-state index in [2.05, 4.69) is 24.0 Å². The van der Waals surface area contributed by atoms with Gasteiger partial charge >= 0.3 is 0 Å². The van der Waals surface area contributed by atoms with E-state index in [1.807, 2.05) is 0 Å². The molecule has 0 spiro atoms. The molecular weight excluding hydrogens is 196 g/mol. The topological polar surface area (TPSA) is 28.7 Å². The van der Waals surface area contributed by atoms with Crippen LogP contribution in [0.25, 0.3) is 0 Å². The van der Waals surface area contributed by atoms with Crippen LogP contribution in [-0.2, 0) is 6.42 Å². The number of aromatic amines is 1. The summed E-state index contributed by atoms with van der Waals surface area (Å²) < 4.78 is 0. The summed E-state index contributed by atoms with van der Waals surface area (Å²) in [5.41, 5.74) is 3.96. The van der Waals surface area contributed by atoms with Gasteiger partial charge in [-0.25, -0.2) is 0 Å². The molecule has 2 rings (SSSR count). The molecule has 0 aliphatic heterocycles. The minimum Gasteiger partial charge on any atom is -0.282 e. The van der Waals surface area contributed by atoms with Crippen LogP contribution < -0.4 is 0 Å². The fourth-order valence-corrected chi connectivity index (χ4v) is 2.13. The fourth-order valence-electron chi connectivity index (χ4n) is 1.94. The number of halogens is 1. The molecule has 0 unspecified atom stereocenters. The number of H-pyrrole nitrogens is 1. The highest BCUT2D eigenvalue weighted by molar-refractivity contribution is 6.18. The molecule has 0 aromatic carbocycles. The maximum Gasteiger partial charge on any atom is 0.0682 e. The number of nitrogens with one attached hydrogen (secondary N) is 1. The zero-order chi connectivity index (χ0) is 10.1. The van der Waals surface area contributed by atoms with Crippen molar-refractivity contribution in [1.29, 1.82) is 0 Å². The van der Waals surface area contributed by atoms with E-state index in [1.165, 1.54) is 29.8 Å². The summed E-state index contributed by atoms with van der Waals surface area (Å²) >= 11 is 5.83. The van der Waals surface area contributed by atoms with Gasteiger partial charge in [0.05, 0.1) is 5.69 Å². The van der Waals surface area contributed by atoms with E-state index in [1.54, 1.807) is 0 Å². The van der Waals surface area contributed by atoms with Crippen LogP contribution in [-0.4, -0.2) is 16.1 Å². The van der Waals surface area contributed by atoms with Crippen LogP contribution in [0.1, 0.15) is 55.5 Å². The van der Waals surface area contributed by atoms with E-state index in [0.29, 0.717) is 11.8 Å². The Kier molecular flexibility index (Phi) is 2.82. The predicted octanol–water partition coefficient (Wildman–Crippen LogP) is 3.19. The highest BCUT2D eigenvalue weighted by Gasteiger charge is 2.29. The Morgan fingerprint density at radius 1 is 1.50 bits per heavy atom. The molecular formula is C11H17ClN2. The quantitative estimate of drug-likeness (QED) is 0.763. The summed E-state index contributed by atoms with van der Waals surface area (Å²) in [5.74, 6) is 1.93. The van der Waals surface area contributed by atoms with Crippen LogP contribution >= 0.6 is 11.6 Å². The van der Waals surface area contributed by atoms with Crippen molar-refractivity contribution in [3.8, 4) is 0 Å². The smallest absolute Gasteiger partial charge is 0.0682 e. The van der Waals surface area contributed by atoms with Gasteiger partial charge in [0.1, 0.15) is 0 Å². The maximum atomic E-state index is 5.83. The second-order valence-corrected chi connectivity index (χ2v) is 4.75. The molecule has 0 atom stereocenters. The molecule has 0 radical (unpaired) electrons. The largest absolute Gasteiger partial charge is 0.282 e. The third-order valence-corrected chi connectivity index (χ3v) is 3.00. The zero-order valence-corrected chi connectivity index (χ0v) is 9.56. The Labute approximate surface area is 90.0 Å². The number of hydrogen-bond donors (Lipinski definition) is 1. The van der Waals surface area contributed by atoms with Gasteiger partial charge in [-0.2, -0.15) is 5.10 Å². The third-order valence-electron chi connectivity index (χ3n) is 2.81. The first-order chi connectivity index (χ1) is 6.74. The molecule has 1 heterocycles. The lowest BCUT2D eigenvalue weighted by molar-refractivity contribution is 0.797. The lowest BCUT2D eigenvalue weighted by Gasteiger charge is -2.05. The SMILES string of the molecule is CC(C)c1n[nH]c(C2CC2)c1CCCl. The summed E-state index contributed by atoms with van der Waals surface area (Å²) in [4.78, 5) is 0. The summed E-state index contributed by atoms with van der Waals surface area (Å²) in [6.45, 7) is 4.37. The predicted molar refractivity (Wildman–Crippen MR) is 59.1 cm³/mol. The molecule has 1 aliphatic carbocycles. The molecule has 14 heavy (non-hydrogen) atoms. The number of alkyl halides is 1. The van der Waals surface area contributed by atoms with E-state index < -0.39 is 0 Å². The van der Waals surface area contributed by atoms with Crippen molar-refractivity contribution >= 4 is 11.6 Å². The Bertz CT molecular complexity index is 294. The fraction of sp³-hybridized carbons (Fsp3) is 0.727. The number of aromatic nitrogens is 2. The van der Waals surface area contributed by atoms with Gasteiger partial charge in [0.25, 0.3) is 0 Å². The first kappa shape index (κ1) is 10.0. The first-order valence-electron chi connectivity index (χ1n) is 5.37. The molecule has 1 aromatic rings. The average Bonchev–Trinajstić information content (AvgIpc) is 2.89. The van der Waals surface area contributed by atoms with E-state index >= 15 is 0 Å². The van der Waals surface area contributed by atoms with Gasteiger partial charge in [0.15, 0.2) is 0 Å². The van der Waals surface area contributed by atoms with Crippen LogP contribution in [0.3, 0.4) is 0 Å².